The van der Waals surface area contributed by atoms with Gasteiger partial charge in [0.05, 0.1) is 5.69 Å². The maximum atomic E-state index is 4.42. The van der Waals surface area contributed by atoms with Crippen LogP contribution in [0.25, 0.3) is 5.52 Å². The highest BCUT2D eigenvalue weighted by Crippen LogP contribution is 2.20. The van der Waals surface area contributed by atoms with Gasteiger partial charge in [0.1, 0.15) is 5.52 Å². The largest absolute Gasteiger partial charge is 0.365 e. The number of nitrogens with one attached hydrogen (secondary N) is 1. The molecule has 88 valence electrons. The lowest BCUT2D eigenvalue weighted by molar-refractivity contribution is 0.642. The number of allylic oxidation sites excluding steroid dienone is 1. The number of rotatable bonds is 2. The molecule has 0 aliphatic heterocycles. The van der Waals surface area contributed by atoms with Crippen molar-refractivity contribution >= 4 is 11.3 Å². The molecule has 1 unspecified atom stereocenters. The first-order valence-corrected chi connectivity index (χ1v) is 6.05. The number of hydrogen-bond donors (Lipinski definition) is 1. The molecule has 2 aromatic heterocycles. The first-order valence-electron chi connectivity index (χ1n) is 6.05. The average Bonchev–Trinajstić information content (AvgIpc) is 2.72. The highest BCUT2D eigenvalue weighted by Gasteiger charge is 2.12. The maximum Gasteiger partial charge on any atom is 0.152 e. The van der Waals surface area contributed by atoms with Crippen LogP contribution in [0.5, 0.6) is 0 Å². The Balaban J connectivity index is 1.91. The van der Waals surface area contributed by atoms with Crippen LogP contribution >= 0.6 is 0 Å². The van der Waals surface area contributed by atoms with E-state index in [1.165, 1.54) is 6.42 Å². The summed E-state index contributed by atoms with van der Waals surface area (Å²) in [5.74, 6) is 0.938. The second-order valence-electron chi connectivity index (χ2n) is 4.52. The van der Waals surface area contributed by atoms with Crippen LogP contribution in [0.1, 0.15) is 25.0 Å². The molecule has 17 heavy (non-hydrogen) atoms. The Kier molecular flexibility index (Phi) is 2.55. The minimum absolute atomic E-state index is 0.494. The van der Waals surface area contributed by atoms with Crippen LogP contribution in [0, 0.1) is 6.92 Å². The zero-order chi connectivity index (χ0) is 11.7. The molecule has 0 bridgehead atoms. The topological polar surface area (TPSA) is 42.2 Å². The van der Waals surface area contributed by atoms with E-state index in [0.717, 1.165) is 29.9 Å². The van der Waals surface area contributed by atoms with Gasteiger partial charge in [0.25, 0.3) is 0 Å². The average molecular weight is 228 g/mol. The Morgan fingerprint density at radius 2 is 2.35 bits per heavy atom. The van der Waals surface area contributed by atoms with E-state index >= 15 is 0 Å². The molecule has 0 radical (unpaired) electrons. The van der Waals surface area contributed by atoms with Crippen molar-refractivity contribution in [2.45, 2.75) is 32.2 Å². The lowest BCUT2D eigenvalue weighted by atomic mass is 10.0. The number of hydrogen-bond acceptors (Lipinski definition) is 3. The molecule has 2 heterocycles. The zero-order valence-electron chi connectivity index (χ0n) is 9.93. The van der Waals surface area contributed by atoms with Crippen molar-refractivity contribution in [1.82, 2.24) is 14.6 Å². The van der Waals surface area contributed by atoms with Crippen molar-refractivity contribution < 1.29 is 0 Å². The number of nitrogens with zero attached hydrogens (tertiary/aromatic N) is 3. The first-order chi connectivity index (χ1) is 8.33. The highest BCUT2D eigenvalue weighted by molar-refractivity contribution is 5.68. The molecule has 1 aliphatic carbocycles. The Morgan fingerprint density at radius 3 is 3.18 bits per heavy atom. The van der Waals surface area contributed by atoms with Gasteiger partial charge in [0.2, 0.25) is 0 Å². The second kappa shape index (κ2) is 4.20. The van der Waals surface area contributed by atoms with Crippen molar-refractivity contribution in [2.75, 3.05) is 5.32 Å². The minimum Gasteiger partial charge on any atom is -0.365 e. The van der Waals surface area contributed by atoms with E-state index in [9.17, 15) is 0 Å². The molecule has 0 fully saturated rings. The molecule has 0 spiro atoms. The molecule has 1 N–H and O–H groups in total. The Morgan fingerprint density at radius 1 is 1.41 bits per heavy atom. The molecule has 0 amide bonds. The van der Waals surface area contributed by atoms with Crippen molar-refractivity contribution in [3.63, 3.8) is 0 Å². The Hall–Kier alpha value is -1.84. The summed E-state index contributed by atoms with van der Waals surface area (Å²) in [4.78, 5) is 4.42. The fourth-order valence-corrected chi connectivity index (χ4v) is 2.27. The van der Waals surface area contributed by atoms with E-state index in [1.807, 2.05) is 17.6 Å². The molecular formula is C13H16N4. The fourth-order valence-electron chi connectivity index (χ4n) is 2.27. The summed E-state index contributed by atoms with van der Waals surface area (Å²) in [5, 5.41) is 7.90. The Bertz CT molecular complexity index is 556. The molecule has 1 aliphatic rings. The van der Waals surface area contributed by atoms with Gasteiger partial charge in [-0.05, 0) is 32.3 Å². The molecule has 3 rings (SSSR count). The van der Waals surface area contributed by atoms with Crippen LogP contribution in [-0.2, 0) is 0 Å². The van der Waals surface area contributed by atoms with Crippen molar-refractivity contribution in [3.05, 3.63) is 36.3 Å². The maximum absolute atomic E-state index is 4.42. The summed E-state index contributed by atoms with van der Waals surface area (Å²) in [6.07, 6.45) is 11.6. The van der Waals surface area contributed by atoms with Crippen molar-refractivity contribution in [3.8, 4) is 0 Å². The van der Waals surface area contributed by atoms with Crippen molar-refractivity contribution in [2.24, 2.45) is 0 Å². The smallest absolute Gasteiger partial charge is 0.152 e. The normalized spacial score (nSPS) is 19.7. The van der Waals surface area contributed by atoms with Gasteiger partial charge in [-0.15, -0.1) is 0 Å². The summed E-state index contributed by atoms with van der Waals surface area (Å²) in [6.45, 7) is 2.00. The highest BCUT2D eigenvalue weighted by atomic mass is 15.2. The molecule has 0 saturated carbocycles. The molecule has 0 saturated heterocycles. The van der Waals surface area contributed by atoms with Crippen LogP contribution in [0.2, 0.25) is 0 Å². The SMILES string of the molecule is Cc1cc2c(NC3CC=CCC3)nccn2n1. The fraction of sp³-hybridized carbons (Fsp3) is 0.385. The first kappa shape index (κ1) is 10.3. The van der Waals surface area contributed by atoms with E-state index in [2.05, 4.69) is 33.6 Å². The van der Waals surface area contributed by atoms with Crippen molar-refractivity contribution in [1.29, 1.82) is 0 Å². The predicted molar refractivity (Wildman–Crippen MR) is 68.1 cm³/mol. The van der Waals surface area contributed by atoms with Gasteiger partial charge in [-0.3, -0.25) is 0 Å². The standard InChI is InChI=1S/C13H16N4/c1-10-9-12-13(14-7-8-17(12)16-10)15-11-5-3-2-4-6-11/h2-3,7-9,11H,4-6H2,1H3,(H,14,15). The summed E-state index contributed by atoms with van der Waals surface area (Å²) < 4.78 is 1.88. The van der Waals surface area contributed by atoms with Crippen LogP contribution in [0.4, 0.5) is 5.82 Å². The van der Waals surface area contributed by atoms with E-state index in [0.29, 0.717) is 6.04 Å². The summed E-state index contributed by atoms with van der Waals surface area (Å²) in [6, 6.07) is 2.56. The molecule has 4 heteroatoms. The number of anilines is 1. The minimum atomic E-state index is 0.494. The second-order valence-corrected chi connectivity index (χ2v) is 4.52. The van der Waals surface area contributed by atoms with E-state index in [-0.39, 0.29) is 0 Å². The molecule has 4 nitrogen and oxygen atoms in total. The van der Waals surface area contributed by atoms with Gasteiger partial charge in [-0.25, -0.2) is 9.50 Å². The molecular weight excluding hydrogens is 212 g/mol. The van der Waals surface area contributed by atoms with Crippen LogP contribution in [-0.4, -0.2) is 20.6 Å². The van der Waals surface area contributed by atoms with Crippen LogP contribution < -0.4 is 5.32 Å². The third kappa shape index (κ3) is 2.02. The quantitative estimate of drug-likeness (QED) is 0.803. The lowest BCUT2D eigenvalue weighted by Crippen LogP contribution is -2.21. The van der Waals surface area contributed by atoms with Gasteiger partial charge < -0.3 is 5.32 Å². The van der Waals surface area contributed by atoms with Crippen LogP contribution in [0.3, 0.4) is 0 Å². The van der Waals surface area contributed by atoms with Gasteiger partial charge in [-0.2, -0.15) is 5.10 Å². The monoisotopic (exact) mass is 228 g/mol. The van der Waals surface area contributed by atoms with Gasteiger partial charge in [-0.1, -0.05) is 12.2 Å². The van der Waals surface area contributed by atoms with Crippen LogP contribution in [0.15, 0.2) is 30.6 Å². The number of aromatic nitrogens is 3. The third-order valence-corrected chi connectivity index (χ3v) is 3.12. The van der Waals surface area contributed by atoms with Gasteiger partial charge in [0.15, 0.2) is 5.82 Å². The summed E-state index contributed by atoms with van der Waals surface area (Å²) in [7, 11) is 0. The molecule has 1 atom stereocenters. The summed E-state index contributed by atoms with van der Waals surface area (Å²) >= 11 is 0. The van der Waals surface area contributed by atoms with Gasteiger partial charge >= 0.3 is 0 Å². The van der Waals surface area contributed by atoms with E-state index < -0.39 is 0 Å². The lowest BCUT2D eigenvalue weighted by Gasteiger charge is -2.20. The number of fused-ring (bicyclic) bond motifs is 1. The van der Waals surface area contributed by atoms with E-state index in [4.69, 9.17) is 0 Å². The summed E-state index contributed by atoms with van der Waals surface area (Å²) in [5.41, 5.74) is 2.07. The Labute approximate surface area is 100 Å². The van der Waals surface area contributed by atoms with Gasteiger partial charge in [0, 0.05) is 18.4 Å². The zero-order valence-corrected chi connectivity index (χ0v) is 9.93. The predicted octanol–water partition coefficient (Wildman–Crippen LogP) is 2.56. The third-order valence-electron chi connectivity index (χ3n) is 3.12. The molecule has 2 aromatic rings. The van der Waals surface area contributed by atoms with E-state index in [1.54, 1.807) is 6.20 Å². The number of aryl methyl sites for hydroxylation is 1. The molecule has 0 aromatic carbocycles.